The van der Waals surface area contributed by atoms with E-state index < -0.39 is 18.0 Å². The Morgan fingerprint density at radius 2 is 1.09 bits per heavy atom. The zero-order chi connectivity index (χ0) is 38.3. The van der Waals surface area contributed by atoms with Crippen molar-refractivity contribution in [2.24, 2.45) is 5.84 Å². The van der Waals surface area contributed by atoms with Gasteiger partial charge in [-0.3, -0.25) is 20.9 Å². The molecule has 0 aliphatic carbocycles. The number of anilines is 2. The van der Waals surface area contributed by atoms with Gasteiger partial charge in [0.25, 0.3) is 0 Å². The van der Waals surface area contributed by atoms with E-state index in [9.17, 15) is 19.2 Å². The number of aromatic carboxylic acids is 1. The van der Waals surface area contributed by atoms with Crippen molar-refractivity contribution in [3.8, 4) is 23.0 Å². The highest BCUT2D eigenvalue weighted by Gasteiger charge is 2.13. The number of nitrogens with two attached hydrogens (primary N) is 1. The molecular weight excluding hydrogens is 727 g/mol. The number of nitrogens with zero attached hydrogens (tertiary/aromatic N) is 2. The number of ether oxygens (including phenoxy) is 4. The summed E-state index contributed by atoms with van der Waals surface area (Å²) in [5.41, 5.74) is 4.15. The summed E-state index contributed by atoms with van der Waals surface area (Å²) in [7, 11) is 6.24. The van der Waals surface area contributed by atoms with Crippen molar-refractivity contribution in [2.75, 3.05) is 45.6 Å². The van der Waals surface area contributed by atoms with Gasteiger partial charge in [-0.1, -0.05) is 34.8 Å². The van der Waals surface area contributed by atoms with E-state index in [1.807, 2.05) is 35.8 Å². The van der Waals surface area contributed by atoms with E-state index in [4.69, 9.17) is 29.9 Å². The largest absolute Gasteiger partial charge is 0.497 e. The number of hydrogen-bond donors (Lipinski definition) is 6. The smallest absolute Gasteiger partial charge is 0.335 e. The minimum atomic E-state index is -0.923. The highest BCUT2D eigenvalue weighted by atomic mass is 32.1. The number of fused-ring (bicyclic) bond motifs is 2. The van der Waals surface area contributed by atoms with Crippen LogP contribution in [0.3, 0.4) is 0 Å². The minimum Gasteiger partial charge on any atom is -0.497 e. The molecule has 6 aromatic rings. The first-order valence-corrected chi connectivity index (χ1v) is 17.0. The van der Waals surface area contributed by atoms with Crippen LogP contribution in [0, 0.1) is 0 Å². The van der Waals surface area contributed by atoms with Crippen molar-refractivity contribution in [1.29, 1.82) is 0 Å². The summed E-state index contributed by atoms with van der Waals surface area (Å²) in [6.45, 7) is -0.119. The molecule has 2 aromatic heterocycles. The van der Waals surface area contributed by atoms with E-state index in [1.54, 1.807) is 63.8 Å². The standard InChI is InChI=1S/C18H17N3O4S.C9H10N4O2S.C8H8O3/c1-24-12-8-6-11(7-9-12)13(22)10-19-17(23)21-18-20-16-14(25-2)4-3-5-15(16)26-18;1-15-5-3-2-4-6-7(5)11-9(16-6)12-8(14)13-10;1-11-7-4-2-6(3-5-7)8(9)10/h3-9H,10H2,1-2H3,(H2,19,20,21,23);2-4H,10H2,1H3,(H2,11,12,13,14);2-5H,1H3,(H,9,10). The van der Waals surface area contributed by atoms with Gasteiger partial charge in [0, 0.05) is 5.56 Å². The number of thiazole rings is 2. The molecule has 0 aliphatic rings. The summed E-state index contributed by atoms with van der Waals surface area (Å²) in [4.78, 5) is 54.1. The molecule has 0 saturated heterocycles. The Balaban J connectivity index is 0.000000197. The number of aromatic nitrogens is 2. The van der Waals surface area contributed by atoms with Gasteiger partial charge >= 0.3 is 18.0 Å². The number of para-hydroxylation sites is 2. The highest BCUT2D eigenvalue weighted by molar-refractivity contribution is 7.22. The predicted octanol–water partition coefficient (Wildman–Crippen LogP) is 6.01. The van der Waals surface area contributed by atoms with E-state index in [-0.39, 0.29) is 17.9 Å². The number of ketones is 1. The van der Waals surface area contributed by atoms with Gasteiger partial charge in [-0.05, 0) is 72.8 Å². The van der Waals surface area contributed by atoms with Crippen molar-refractivity contribution < 1.29 is 43.2 Å². The Bertz CT molecular complexity index is 2170. The average molecular weight is 762 g/mol. The Kier molecular flexibility index (Phi) is 14.2. The van der Waals surface area contributed by atoms with E-state index in [0.29, 0.717) is 44.3 Å². The summed E-state index contributed by atoms with van der Waals surface area (Å²) in [6.07, 6.45) is 0. The molecule has 0 bridgehead atoms. The molecule has 2 heterocycles. The predicted molar refractivity (Wildman–Crippen MR) is 203 cm³/mol. The van der Waals surface area contributed by atoms with Gasteiger partial charge in [0.1, 0.15) is 34.0 Å². The number of urea groups is 2. The van der Waals surface area contributed by atoms with E-state index >= 15 is 0 Å². The van der Waals surface area contributed by atoms with Gasteiger partial charge in [0.05, 0.1) is 49.9 Å². The fourth-order valence-electron chi connectivity index (χ4n) is 4.33. The van der Waals surface area contributed by atoms with Crippen LogP contribution in [0.1, 0.15) is 20.7 Å². The lowest BCUT2D eigenvalue weighted by Gasteiger charge is -2.05. The number of carbonyl (C=O) groups excluding carboxylic acids is 3. The molecule has 0 aliphatic heterocycles. The lowest BCUT2D eigenvalue weighted by atomic mass is 10.1. The maximum atomic E-state index is 12.1. The molecule has 4 amide bonds. The van der Waals surface area contributed by atoms with Crippen molar-refractivity contribution >= 4 is 77.2 Å². The van der Waals surface area contributed by atoms with E-state index in [1.165, 1.54) is 41.9 Å². The fourth-order valence-corrected chi connectivity index (χ4v) is 6.09. The van der Waals surface area contributed by atoms with E-state index in [0.717, 1.165) is 14.9 Å². The number of carboxylic acid groups (broad SMARTS) is 1. The third kappa shape index (κ3) is 11.0. The number of hydrazine groups is 1. The first-order chi connectivity index (χ1) is 25.6. The van der Waals surface area contributed by atoms with Gasteiger partial charge in [-0.15, -0.1) is 0 Å². The maximum Gasteiger partial charge on any atom is 0.335 e. The zero-order valence-electron chi connectivity index (χ0n) is 28.8. The van der Waals surface area contributed by atoms with Crippen LogP contribution in [-0.4, -0.2) is 73.9 Å². The Hall–Kier alpha value is -6.50. The van der Waals surface area contributed by atoms with Crippen LogP contribution < -0.4 is 46.2 Å². The molecule has 0 unspecified atom stereocenters. The van der Waals surface area contributed by atoms with Crippen LogP contribution in [0.5, 0.6) is 23.0 Å². The van der Waals surface area contributed by atoms with Crippen LogP contribution in [0.4, 0.5) is 19.9 Å². The SMILES string of the molecule is COc1ccc(C(=O)CNC(=O)Nc2nc3c(OC)cccc3s2)cc1.COc1ccc(C(=O)O)cc1.COc1cccc2sc(NC(=O)NN)nc12. The summed E-state index contributed by atoms with van der Waals surface area (Å²) in [5, 5.41) is 17.1. The third-order valence-electron chi connectivity index (χ3n) is 6.93. The average Bonchev–Trinajstić information content (AvgIpc) is 3.80. The summed E-state index contributed by atoms with van der Waals surface area (Å²) < 4.78 is 22.2. The number of rotatable bonds is 10. The topological polar surface area (TPSA) is 225 Å². The molecule has 4 aromatic carbocycles. The van der Waals surface area contributed by atoms with Crippen LogP contribution >= 0.6 is 22.7 Å². The molecule has 0 atom stereocenters. The molecule has 7 N–H and O–H groups in total. The molecule has 276 valence electrons. The van der Waals surface area contributed by atoms with Crippen molar-refractivity contribution in [1.82, 2.24) is 20.7 Å². The van der Waals surface area contributed by atoms with Crippen LogP contribution in [0.2, 0.25) is 0 Å². The molecule has 16 nitrogen and oxygen atoms in total. The van der Waals surface area contributed by atoms with Gasteiger partial charge in [-0.2, -0.15) is 0 Å². The van der Waals surface area contributed by atoms with Gasteiger partial charge in [0.2, 0.25) is 0 Å². The molecule has 6 rings (SSSR count). The molecule has 0 spiro atoms. The van der Waals surface area contributed by atoms with Crippen LogP contribution in [0.25, 0.3) is 20.4 Å². The summed E-state index contributed by atoms with van der Waals surface area (Å²) in [6, 6.07) is 23.1. The van der Waals surface area contributed by atoms with Crippen molar-refractivity contribution in [3.05, 3.63) is 96.1 Å². The first-order valence-electron chi connectivity index (χ1n) is 15.3. The second kappa shape index (κ2) is 19.2. The number of hydrogen-bond acceptors (Lipinski definition) is 13. The Labute approximate surface area is 310 Å². The number of benzene rings is 4. The normalized spacial score (nSPS) is 10.1. The molecule has 0 fully saturated rings. The molecule has 53 heavy (non-hydrogen) atoms. The molecule has 0 radical (unpaired) electrons. The lowest BCUT2D eigenvalue weighted by Crippen LogP contribution is -2.34. The lowest BCUT2D eigenvalue weighted by molar-refractivity contribution is 0.0696. The third-order valence-corrected chi connectivity index (χ3v) is 8.81. The fraction of sp³-hybridized carbons (Fsp3) is 0.143. The molecule has 0 saturated carbocycles. The van der Waals surface area contributed by atoms with Crippen LogP contribution in [0.15, 0.2) is 84.9 Å². The molecule has 18 heteroatoms. The number of nitrogens with one attached hydrogen (secondary N) is 4. The second-order valence-electron chi connectivity index (χ2n) is 10.2. The maximum absolute atomic E-state index is 12.1. The molecular formula is C35H35N7O9S2. The number of Topliss-reactive ketones (excluding diaryl/α,β-unsaturated/α-hetero) is 1. The van der Waals surface area contributed by atoms with Gasteiger partial charge in [-0.25, -0.2) is 30.2 Å². The Morgan fingerprint density at radius 1 is 0.642 bits per heavy atom. The summed E-state index contributed by atoms with van der Waals surface area (Å²) >= 11 is 2.68. The number of carboxylic acids is 1. The van der Waals surface area contributed by atoms with E-state index in [2.05, 4.69) is 25.9 Å². The number of amides is 4. The van der Waals surface area contributed by atoms with Crippen LogP contribution in [-0.2, 0) is 0 Å². The number of methoxy groups -OCH3 is 4. The Morgan fingerprint density at radius 3 is 1.51 bits per heavy atom. The number of carbonyl (C=O) groups is 4. The summed E-state index contributed by atoms with van der Waals surface area (Å²) in [5.74, 6) is 6.48. The first kappa shape index (κ1) is 39.3. The van der Waals surface area contributed by atoms with Crippen molar-refractivity contribution in [3.63, 3.8) is 0 Å². The quantitative estimate of drug-likeness (QED) is 0.0409. The van der Waals surface area contributed by atoms with Gasteiger partial charge in [0.15, 0.2) is 16.0 Å². The zero-order valence-corrected chi connectivity index (χ0v) is 30.4. The monoisotopic (exact) mass is 761 g/mol. The minimum absolute atomic E-state index is 0.119. The van der Waals surface area contributed by atoms with Crippen molar-refractivity contribution in [2.45, 2.75) is 0 Å². The highest BCUT2D eigenvalue weighted by Crippen LogP contribution is 2.33. The second-order valence-corrected chi connectivity index (χ2v) is 12.3. The van der Waals surface area contributed by atoms with Gasteiger partial charge < -0.3 is 29.4 Å².